The minimum absolute atomic E-state index is 0.363. The van der Waals surface area contributed by atoms with Crippen LogP contribution in [0.4, 0.5) is 0 Å². The van der Waals surface area contributed by atoms with E-state index in [4.69, 9.17) is 5.11 Å². The van der Waals surface area contributed by atoms with E-state index in [9.17, 15) is 4.79 Å². The SMILES string of the molecule is CN1CCCC2(CC1)CC2CCC(=O)O. The van der Waals surface area contributed by atoms with Gasteiger partial charge in [-0.2, -0.15) is 0 Å². The van der Waals surface area contributed by atoms with Crippen molar-refractivity contribution in [1.82, 2.24) is 4.90 Å². The summed E-state index contributed by atoms with van der Waals surface area (Å²) in [5, 5.41) is 8.67. The Labute approximate surface area is 91.5 Å². The second kappa shape index (κ2) is 4.12. The van der Waals surface area contributed by atoms with Gasteiger partial charge in [0.05, 0.1) is 0 Å². The van der Waals surface area contributed by atoms with Crippen molar-refractivity contribution in [2.24, 2.45) is 11.3 Å². The molecular weight excluding hydrogens is 190 g/mol. The molecule has 86 valence electrons. The van der Waals surface area contributed by atoms with Crippen LogP contribution in [0.1, 0.15) is 38.5 Å². The second-order valence-corrected chi connectivity index (χ2v) is 5.35. The number of hydrogen-bond donors (Lipinski definition) is 1. The molecule has 0 aromatic heterocycles. The molecular formula is C12H21NO2. The maximum absolute atomic E-state index is 10.5. The molecule has 0 bridgehead atoms. The number of carboxylic acid groups (broad SMARTS) is 1. The lowest BCUT2D eigenvalue weighted by atomic mass is 9.93. The Bertz CT molecular complexity index is 254. The molecule has 2 fully saturated rings. The summed E-state index contributed by atoms with van der Waals surface area (Å²) in [6, 6.07) is 0. The minimum atomic E-state index is -0.636. The third-order valence-corrected chi connectivity index (χ3v) is 4.27. The molecule has 2 unspecified atom stereocenters. The highest BCUT2D eigenvalue weighted by Gasteiger charge is 2.52. The van der Waals surface area contributed by atoms with Crippen molar-refractivity contribution in [3.05, 3.63) is 0 Å². The summed E-state index contributed by atoms with van der Waals surface area (Å²) in [5.41, 5.74) is 0.542. The standard InChI is InChI=1S/C12H21NO2/c1-13-7-2-5-12(6-8-13)9-10(12)3-4-11(14)15/h10H,2-9H2,1H3,(H,14,15). The van der Waals surface area contributed by atoms with Gasteiger partial charge >= 0.3 is 5.97 Å². The van der Waals surface area contributed by atoms with E-state index in [1.165, 1.54) is 38.8 Å². The molecule has 2 rings (SSSR count). The van der Waals surface area contributed by atoms with E-state index in [-0.39, 0.29) is 0 Å². The van der Waals surface area contributed by atoms with E-state index >= 15 is 0 Å². The van der Waals surface area contributed by atoms with E-state index < -0.39 is 5.97 Å². The Balaban J connectivity index is 1.81. The molecule has 1 N–H and O–H groups in total. The summed E-state index contributed by atoms with van der Waals surface area (Å²) in [6.45, 7) is 2.41. The van der Waals surface area contributed by atoms with Gasteiger partial charge in [-0.15, -0.1) is 0 Å². The molecule has 2 atom stereocenters. The average molecular weight is 211 g/mol. The normalized spacial score (nSPS) is 36.5. The van der Waals surface area contributed by atoms with Crippen LogP contribution in [0.3, 0.4) is 0 Å². The predicted octanol–water partition coefficient (Wildman–Crippen LogP) is 1.97. The van der Waals surface area contributed by atoms with Crippen LogP contribution in [0.25, 0.3) is 0 Å². The van der Waals surface area contributed by atoms with E-state index in [0.29, 0.717) is 17.8 Å². The Morgan fingerprint density at radius 3 is 3.00 bits per heavy atom. The Hall–Kier alpha value is -0.570. The zero-order valence-corrected chi connectivity index (χ0v) is 9.54. The summed E-state index contributed by atoms with van der Waals surface area (Å²) in [7, 11) is 2.19. The van der Waals surface area contributed by atoms with Crippen LogP contribution in [-0.2, 0) is 4.79 Å². The lowest BCUT2D eigenvalue weighted by Gasteiger charge is -2.14. The van der Waals surface area contributed by atoms with Crippen molar-refractivity contribution in [3.8, 4) is 0 Å². The largest absolute Gasteiger partial charge is 0.481 e. The summed E-state index contributed by atoms with van der Waals surface area (Å²) >= 11 is 0. The number of likely N-dealkylation sites (tertiary alicyclic amines) is 1. The fourth-order valence-electron chi connectivity index (χ4n) is 3.10. The van der Waals surface area contributed by atoms with E-state index in [2.05, 4.69) is 11.9 Å². The van der Waals surface area contributed by atoms with Gasteiger partial charge in [-0.3, -0.25) is 4.79 Å². The van der Waals surface area contributed by atoms with Gasteiger partial charge in [-0.1, -0.05) is 0 Å². The molecule has 15 heavy (non-hydrogen) atoms. The fraction of sp³-hybridized carbons (Fsp3) is 0.917. The number of rotatable bonds is 3. The van der Waals surface area contributed by atoms with E-state index in [1.54, 1.807) is 0 Å². The molecule has 1 aliphatic heterocycles. The van der Waals surface area contributed by atoms with Gasteiger partial charge in [-0.25, -0.2) is 0 Å². The van der Waals surface area contributed by atoms with E-state index in [1.807, 2.05) is 0 Å². The summed E-state index contributed by atoms with van der Waals surface area (Å²) < 4.78 is 0. The van der Waals surface area contributed by atoms with E-state index in [0.717, 1.165) is 6.42 Å². The highest BCUT2D eigenvalue weighted by Crippen LogP contribution is 2.61. The molecule has 3 heteroatoms. The highest BCUT2D eigenvalue weighted by molar-refractivity contribution is 5.66. The molecule has 0 aromatic carbocycles. The predicted molar refractivity (Wildman–Crippen MR) is 58.8 cm³/mol. The summed E-state index contributed by atoms with van der Waals surface area (Å²) in [5.74, 6) is 0.0721. The molecule has 0 aromatic rings. The maximum Gasteiger partial charge on any atom is 0.303 e. The van der Waals surface area contributed by atoms with Crippen molar-refractivity contribution < 1.29 is 9.90 Å². The number of nitrogens with zero attached hydrogens (tertiary/aromatic N) is 1. The lowest BCUT2D eigenvalue weighted by Crippen LogP contribution is -2.19. The van der Waals surface area contributed by atoms with Crippen LogP contribution < -0.4 is 0 Å². The van der Waals surface area contributed by atoms with Gasteiger partial charge in [0, 0.05) is 6.42 Å². The van der Waals surface area contributed by atoms with Crippen molar-refractivity contribution in [1.29, 1.82) is 0 Å². The minimum Gasteiger partial charge on any atom is -0.481 e. The first-order valence-corrected chi connectivity index (χ1v) is 6.03. The number of carbonyl (C=O) groups is 1. The monoisotopic (exact) mass is 211 g/mol. The molecule has 1 saturated heterocycles. The lowest BCUT2D eigenvalue weighted by molar-refractivity contribution is -0.137. The summed E-state index contributed by atoms with van der Waals surface area (Å²) in [4.78, 5) is 12.9. The van der Waals surface area contributed by atoms with Crippen LogP contribution in [0.5, 0.6) is 0 Å². The van der Waals surface area contributed by atoms with Crippen molar-refractivity contribution in [3.63, 3.8) is 0 Å². The molecule has 1 spiro atoms. The first kappa shape index (κ1) is 10.9. The molecule has 3 nitrogen and oxygen atoms in total. The first-order chi connectivity index (χ1) is 7.12. The first-order valence-electron chi connectivity index (χ1n) is 6.03. The zero-order valence-electron chi connectivity index (χ0n) is 9.54. The Morgan fingerprint density at radius 1 is 1.47 bits per heavy atom. The van der Waals surface area contributed by atoms with Crippen LogP contribution in [0.2, 0.25) is 0 Å². The molecule has 1 aliphatic carbocycles. The molecule has 1 heterocycles. The molecule has 2 aliphatic rings. The number of carboxylic acids is 1. The van der Waals surface area contributed by atoms with Gasteiger partial charge in [0.1, 0.15) is 0 Å². The number of aliphatic carboxylic acids is 1. The summed E-state index contributed by atoms with van der Waals surface area (Å²) in [6.07, 6.45) is 6.45. The zero-order chi connectivity index (χ0) is 10.9. The molecule has 0 radical (unpaired) electrons. The van der Waals surface area contributed by atoms with Crippen molar-refractivity contribution in [2.75, 3.05) is 20.1 Å². The van der Waals surface area contributed by atoms with Gasteiger partial charge in [-0.05, 0) is 63.6 Å². The topological polar surface area (TPSA) is 40.5 Å². The van der Waals surface area contributed by atoms with Crippen LogP contribution in [0, 0.1) is 11.3 Å². The van der Waals surface area contributed by atoms with Crippen molar-refractivity contribution in [2.45, 2.75) is 38.5 Å². The van der Waals surface area contributed by atoms with Gasteiger partial charge in [0.25, 0.3) is 0 Å². The third kappa shape index (κ3) is 2.51. The molecule has 1 saturated carbocycles. The van der Waals surface area contributed by atoms with Gasteiger partial charge < -0.3 is 10.0 Å². The second-order valence-electron chi connectivity index (χ2n) is 5.35. The van der Waals surface area contributed by atoms with Crippen LogP contribution >= 0.6 is 0 Å². The van der Waals surface area contributed by atoms with Gasteiger partial charge in [0.15, 0.2) is 0 Å². The fourth-order valence-corrected chi connectivity index (χ4v) is 3.10. The third-order valence-electron chi connectivity index (χ3n) is 4.27. The average Bonchev–Trinajstić information content (AvgIpc) is 2.89. The van der Waals surface area contributed by atoms with Gasteiger partial charge in [0.2, 0.25) is 0 Å². The molecule has 0 amide bonds. The maximum atomic E-state index is 10.5. The Kier molecular flexibility index (Phi) is 3.01. The van der Waals surface area contributed by atoms with Crippen LogP contribution in [-0.4, -0.2) is 36.1 Å². The van der Waals surface area contributed by atoms with Crippen molar-refractivity contribution >= 4 is 5.97 Å². The quantitative estimate of drug-likeness (QED) is 0.776. The highest BCUT2D eigenvalue weighted by atomic mass is 16.4. The van der Waals surface area contributed by atoms with Crippen LogP contribution in [0.15, 0.2) is 0 Å². The number of hydrogen-bond acceptors (Lipinski definition) is 2. The Morgan fingerprint density at radius 2 is 2.27 bits per heavy atom. The smallest absolute Gasteiger partial charge is 0.303 e.